The summed E-state index contributed by atoms with van der Waals surface area (Å²) in [5.41, 5.74) is 0.809. The first-order valence-corrected chi connectivity index (χ1v) is 8.34. The van der Waals surface area contributed by atoms with Gasteiger partial charge < -0.3 is 14.5 Å². The molecule has 1 saturated heterocycles. The number of anilines is 1. The molecule has 6 nitrogen and oxygen atoms in total. The number of rotatable bonds is 3. The quantitative estimate of drug-likeness (QED) is 0.862. The van der Waals surface area contributed by atoms with Crippen LogP contribution in [0.4, 0.5) is 5.95 Å². The number of hydrogen-bond donors (Lipinski definition) is 0. The fraction of sp³-hybridized carbons (Fsp3) is 0.438. The van der Waals surface area contributed by atoms with Gasteiger partial charge in [-0.15, -0.1) is 11.3 Å². The first kappa shape index (κ1) is 15.9. The molecule has 0 bridgehead atoms. The third-order valence-corrected chi connectivity index (χ3v) is 4.69. The van der Waals surface area contributed by atoms with Crippen molar-refractivity contribution in [2.24, 2.45) is 0 Å². The number of aryl methyl sites for hydroxylation is 1. The van der Waals surface area contributed by atoms with Crippen LogP contribution in [0.25, 0.3) is 0 Å². The second-order valence-electron chi connectivity index (χ2n) is 5.70. The van der Waals surface area contributed by atoms with Gasteiger partial charge in [-0.1, -0.05) is 0 Å². The summed E-state index contributed by atoms with van der Waals surface area (Å²) in [5, 5.41) is 0. The Labute approximate surface area is 139 Å². The highest BCUT2D eigenvalue weighted by molar-refractivity contribution is 7.13. The van der Waals surface area contributed by atoms with Crippen LogP contribution in [0.15, 0.2) is 24.4 Å². The van der Waals surface area contributed by atoms with Crippen LogP contribution < -0.4 is 4.90 Å². The van der Waals surface area contributed by atoms with Crippen molar-refractivity contribution in [2.45, 2.75) is 13.0 Å². The third-order valence-electron chi connectivity index (χ3n) is 3.70. The van der Waals surface area contributed by atoms with E-state index < -0.39 is 0 Å². The van der Waals surface area contributed by atoms with Gasteiger partial charge in [0, 0.05) is 31.7 Å². The standard InChI is InChI=1S/C16H20N4O2S/c1-11-4-5-14(23-11)15(21)20-8-9-22-13(10-20)12-6-7-17-16(18-12)19(2)3/h4-7,13H,8-10H2,1-3H3. The van der Waals surface area contributed by atoms with Crippen molar-refractivity contribution < 1.29 is 9.53 Å². The predicted molar refractivity (Wildman–Crippen MR) is 90.0 cm³/mol. The SMILES string of the molecule is Cc1ccc(C(=O)N2CCOC(c3ccnc(N(C)C)n3)C2)s1. The minimum Gasteiger partial charge on any atom is -0.368 e. The van der Waals surface area contributed by atoms with Gasteiger partial charge in [-0.2, -0.15) is 0 Å². The third kappa shape index (κ3) is 3.51. The molecule has 0 saturated carbocycles. The number of aromatic nitrogens is 2. The summed E-state index contributed by atoms with van der Waals surface area (Å²) < 4.78 is 5.82. The number of nitrogens with zero attached hydrogens (tertiary/aromatic N) is 4. The summed E-state index contributed by atoms with van der Waals surface area (Å²) in [4.78, 5) is 27.0. The Morgan fingerprint density at radius 1 is 1.39 bits per heavy atom. The average molecular weight is 332 g/mol. The molecule has 23 heavy (non-hydrogen) atoms. The lowest BCUT2D eigenvalue weighted by molar-refractivity contribution is -0.0245. The minimum atomic E-state index is -0.213. The number of amides is 1. The van der Waals surface area contributed by atoms with E-state index in [0.717, 1.165) is 15.4 Å². The van der Waals surface area contributed by atoms with E-state index in [1.807, 2.05) is 49.0 Å². The minimum absolute atomic E-state index is 0.0679. The molecule has 1 fully saturated rings. The Morgan fingerprint density at radius 3 is 2.91 bits per heavy atom. The van der Waals surface area contributed by atoms with Crippen molar-refractivity contribution in [1.82, 2.24) is 14.9 Å². The van der Waals surface area contributed by atoms with Gasteiger partial charge in [0.05, 0.1) is 23.7 Å². The van der Waals surface area contributed by atoms with E-state index in [0.29, 0.717) is 25.6 Å². The van der Waals surface area contributed by atoms with Crippen LogP contribution in [-0.4, -0.2) is 54.6 Å². The van der Waals surface area contributed by atoms with Crippen molar-refractivity contribution in [1.29, 1.82) is 0 Å². The molecule has 3 rings (SSSR count). The zero-order valence-electron chi connectivity index (χ0n) is 13.5. The van der Waals surface area contributed by atoms with E-state index in [-0.39, 0.29) is 12.0 Å². The van der Waals surface area contributed by atoms with E-state index in [1.165, 1.54) is 11.3 Å². The number of thiophene rings is 1. The molecule has 0 aliphatic carbocycles. The Bertz CT molecular complexity index is 701. The molecule has 0 spiro atoms. The lowest BCUT2D eigenvalue weighted by atomic mass is 10.2. The molecule has 1 aliphatic rings. The van der Waals surface area contributed by atoms with E-state index in [1.54, 1.807) is 6.20 Å². The zero-order chi connectivity index (χ0) is 16.4. The largest absolute Gasteiger partial charge is 0.368 e. The van der Waals surface area contributed by atoms with Crippen molar-refractivity contribution in [3.8, 4) is 0 Å². The van der Waals surface area contributed by atoms with Crippen molar-refractivity contribution >= 4 is 23.2 Å². The summed E-state index contributed by atoms with van der Waals surface area (Å²) in [6.45, 7) is 3.65. The van der Waals surface area contributed by atoms with Crippen LogP contribution >= 0.6 is 11.3 Å². The van der Waals surface area contributed by atoms with E-state index in [9.17, 15) is 4.79 Å². The van der Waals surface area contributed by atoms with Gasteiger partial charge in [-0.3, -0.25) is 4.79 Å². The molecule has 7 heteroatoms. The van der Waals surface area contributed by atoms with Crippen LogP contribution in [0.3, 0.4) is 0 Å². The number of hydrogen-bond acceptors (Lipinski definition) is 6. The van der Waals surface area contributed by atoms with Gasteiger partial charge in [-0.25, -0.2) is 9.97 Å². The molecule has 0 N–H and O–H groups in total. The predicted octanol–water partition coefficient (Wildman–Crippen LogP) is 2.13. The highest BCUT2D eigenvalue weighted by Crippen LogP contribution is 2.24. The van der Waals surface area contributed by atoms with Gasteiger partial charge in [0.1, 0.15) is 6.10 Å². The van der Waals surface area contributed by atoms with Crippen molar-refractivity contribution in [3.05, 3.63) is 39.8 Å². The summed E-state index contributed by atoms with van der Waals surface area (Å²) >= 11 is 1.53. The Balaban J connectivity index is 1.75. The maximum atomic E-state index is 12.6. The fourth-order valence-electron chi connectivity index (χ4n) is 2.47. The van der Waals surface area contributed by atoms with Crippen LogP contribution in [-0.2, 0) is 4.74 Å². The lowest BCUT2D eigenvalue weighted by Crippen LogP contribution is -2.42. The summed E-state index contributed by atoms with van der Waals surface area (Å²) in [5.74, 6) is 0.710. The van der Waals surface area contributed by atoms with E-state index >= 15 is 0 Å². The summed E-state index contributed by atoms with van der Waals surface area (Å²) in [7, 11) is 3.80. The normalized spacial score (nSPS) is 18.0. The smallest absolute Gasteiger partial charge is 0.264 e. The van der Waals surface area contributed by atoms with Crippen LogP contribution in [0.2, 0.25) is 0 Å². The van der Waals surface area contributed by atoms with Crippen LogP contribution in [0, 0.1) is 6.92 Å². The van der Waals surface area contributed by atoms with Gasteiger partial charge in [-0.05, 0) is 25.1 Å². The topological polar surface area (TPSA) is 58.6 Å². The fourth-order valence-corrected chi connectivity index (χ4v) is 3.31. The number of carbonyl (C=O) groups is 1. The summed E-state index contributed by atoms with van der Waals surface area (Å²) in [6, 6.07) is 5.71. The molecule has 1 unspecified atom stereocenters. The maximum Gasteiger partial charge on any atom is 0.264 e. The first-order valence-electron chi connectivity index (χ1n) is 7.52. The van der Waals surface area contributed by atoms with Gasteiger partial charge in [0.15, 0.2) is 0 Å². The monoisotopic (exact) mass is 332 g/mol. The molecule has 2 aromatic rings. The molecule has 0 aromatic carbocycles. The molecular weight excluding hydrogens is 312 g/mol. The number of morpholine rings is 1. The average Bonchev–Trinajstić information content (AvgIpc) is 3.01. The number of carbonyl (C=O) groups excluding carboxylic acids is 1. The maximum absolute atomic E-state index is 12.6. The zero-order valence-corrected chi connectivity index (χ0v) is 14.3. The number of ether oxygens (including phenoxy) is 1. The first-order chi connectivity index (χ1) is 11.0. The molecule has 2 aromatic heterocycles. The second kappa shape index (κ2) is 6.64. The Kier molecular flexibility index (Phi) is 4.58. The summed E-state index contributed by atoms with van der Waals surface area (Å²) in [6.07, 6.45) is 1.51. The lowest BCUT2D eigenvalue weighted by Gasteiger charge is -2.32. The molecular formula is C16H20N4O2S. The molecule has 0 radical (unpaired) electrons. The highest BCUT2D eigenvalue weighted by atomic mass is 32.1. The highest BCUT2D eigenvalue weighted by Gasteiger charge is 2.27. The van der Waals surface area contributed by atoms with Crippen molar-refractivity contribution in [2.75, 3.05) is 38.7 Å². The molecule has 1 amide bonds. The second-order valence-corrected chi connectivity index (χ2v) is 6.98. The molecule has 3 heterocycles. The molecule has 1 atom stereocenters. The van der Waals surface area contributed by atoms with Crippen molar-refractivity contribution in [3.63, 3.8) is 0 Å². The molecule has 1 aliphatic heterocycles. The Morgan fingerprint density at radius 2 is 2.22 bits per heavy atom. The van der Waals surface area contributed by atoms with Crippen LogP contribution in [0.5, 0.6) is 0 Å². The molecule has 122 valence electrons. The van der Waals surface area contributed by atoms with Gasteiger partial charge in [0.2, 0.25) is 5.95 Å². The van der Waals surface area contributed by atoms with Gasteiger partial charge in [0.25, 0.3) is 5.91 Å². The Hall–Kier alpha value is -1.99. The van der Waals surface area contributed by atoms with Gasteiger partial charge >= 0.3 is 0 Å². The van der Waals surface area contributed by atoms with Crippen LogP contribution in [0.1, 0.15) is 26.3 Å². The van der Waals surface area contributed by atoms with E-state index in [2.05, 4.69) is 9.97 Å². The van der Waals surface area contributed by atoms with E-state index in [4.69, 9.17) is 4.74 Å².